The fourth-order valence-electron chi connectivity index (χ4n) is 3.78. The summed E-state index contributed by atoms with van der Waals surface area (Å²) in [6.45, 7) is 6.08. The van der Waals surface area contributed by atoms with Gasteiger partial charge in [-0.15, -0.1) is 5.10 Å². The fourth-order valence-corrected chi connectivity index (χ4v) is 4.92. The average Bonchev–Trinajstić information content (AvgIpc) is 3.15. The van der Waals surface area contributed by atoms with Crippen LogP contribution in [0.25, 0.3) is 4.96 Å². The lowest BCUT2D eigenvalue weighted by molar-refractivity contribution is 0.149. The van der Waals surface area contributed by atoms with E-state index in [1.54, 1.807) is 12.1 Å². The molecule has 1 saturated heterocycles. The molecule has 1 fully saturated rings. The van der Waals surface area contributed by atoms with Crippen LogP contribution in [0.15, 0.2) is 24.3 Å². The second kappa shape index (κ2) is 6.96. The van der Waals surface area contributed by atoms with Gasteiger partial charge in [0.2, 0.25) is 10.8 Å². The Morgan fingerprint density at radius 2 is 2.27 bits per heavy atom. The number of benzene rings is 1. The van der Waals surface area contributed by atoms with Gasteiger partial charge < -0.3 is 5.11 Å². The van der Waals surface area contributed by atoms with Crippen LogP contribution in [0.3, 0.4) is 0 Å². The molecule has 5 nitrogen and oxygen atoms in total. The van der Waals surface area contributed by atoms with Crippen LogP contribution < -0.4 is 0 Å². The summed E-state index contributed by atoms with van der Waals surface area (Å²) in [6.07, 6.45) is 3.03. The summed E-state index contributed by atoms with van der Waals surface area (Å²) in [4.78, 5) is 8.29. The molecule has 0 unspecified atom stereocenters. The third kappa shape index (κ3) is 3.10. The molecule has 1 aliphatic rings. The lowest BCUT2D eigenvalue weighted by Gasteiger charge is -2.37. The zero-order chi connectivity index (χ0) is 18.3. The average molecular weight is 374 g/mol. The molecule has 138 valence electrons. The zero-order valence-electron chi connectivity index (χ0n) is 15.0. The molecule has 1 N–H and O–H groups in total. The molecule has 2 aromatic heterocycles. The van der Waals surface area contributed by atoms with Gasteiger partial charge in [0.15, 0.2) is 5.82 Å². The normalized spacial score (nSPS) is 19.9. The Morgan fingerprint density at radius 1 is 1.42 bits per heavy atom. The predicted molar refractivity (Wildman–Crippen MR) is 100 cm³/mol. The Kier molecular flexibility index (Phi) is 4.67. The number of hydrogen-bond acceptors (Lipinski definition) is 5. The van der Waals surface area contributed by atoms with Crippen molar-refractivity contribution in [2.24, 2.45) is 5.92 Å². The number of fused-ring (bicyclic) bond motifs is 1. The highest BCUT2D eigenvalue weighted by atomic mass is 32.1. The standard InChI is InChI=1S/C19H23FN4OS/c1-3-15-21-19-24(22-15)18(25)17(26-19)16(13-7-4-8-14(20)10-13)23-9-5-6-12(2)11-23/h4,7-8,10,12,16,25H,3,5-6,9,11H2,1-2H3/t12-,16+/m1/s1. The van der Waals surface area contributed by atoms with E-state index < -0.39 is 0 Å². The summed E-state index contributed by atoms with van der Waals surface area (Å²) >= 11 is 1.44. The zero-order valence-corrected chi connectivity index (χ0v) is 15.8. The van der Waals surface area contributed by atoms with Gasteiger partial charge in [0.25, 0.3) is 0 Å². The van der Waals surface area contributed by atoms with Crippen molar-refractivity contribution in [1.82, 2.24) is 19.5 Å². The van der Waals surface area contributed by atoms with Gasteiger partial charge in [-0.05, 0) is 43.0 Å². The molecule has 0 amide bonds. The highest BCUT2D eigenvalue weighted by Gasteiger charge is 2.32. The Bertz CT molecular complexity index is 922. The van der Waals surface area contributed by atoms with E-state index in [4.69, 9.17) is 0 Å². The summed E-state index contributed by atoms with van der Waals surface area (Å²) < 4.78 is 15.4. The lowest BCUT2D eigenvalue weighted by Crippen LogP contribution is -2.37. The molecular weight excluding hydrogens is 351 g/mol. The molecule has 4 rings (SSSR count). The Morgan fingerprint density at radius 3 is 2.96 bits per heavy atom. The molecule has 3 heterocycles. The van der Waals surface area contributed by atoms with Crippen molar-refractivity contribution in [2.75, 3.05) is 13.1 Å². The van der Waals surface area contributed by atoms with Gasteiger partial charge >= 0.3 is 0 Å². The van der Waals surface area contributed by atoms with Crippen molar-refractivity contribution in [3.05, 3.63) is 46.3 Å². The number of aromatic hydroxyl groups is 1. The molecule has 1 aromatic carbocycles. The molecule has 0 spiro atoms. The van der Waals surface area contributed by atoms with E-state index in [1.165, 1.54) is 28.3 Å². The van der Waals surface area contributed by atoms with E-state index in [9.17, 15) is 9.50 Å². The van der Waals surface area contributed by atoms with Crippen LogP contribution in [0, 0.1) is 11.7 Å². The number of piperidine rings is 1. The number of halogens is 1. The molecular formula is C19H23FN4OS. The molecule has 7 heteroatoms. The van der Waals surface area contributed by atoms with E-state index in [0.717, 1.165) is 36.4 Å². The lowest BCUT2D eigenvalue weighted by atomic mass is 9.95. The van der Waals surface area contributed by atoms with Crippen molar-refractivity contribution in [2.45, 2.75) is 39.2 Å². The Labute approximate surface area is 156 Å². The van der Waals surface area contributed by atoms with Gasteiger partial charge in [-0.3, -0.25) is 4.90 Å². The Hall–Kier alpha value is -1.99. The largest absolute Gasteiger partial charge is 0.492 e. The van der Waals surface area contributed by atoms with Crippen LogP contribution in [0.2, 0.25) is 0 Å². The number of likely N-dealkylation sites (tertiary alicyclic amines) is 1. The summed E-state index contributed by atoms with van der Waals surface area (Å²) in [5, 5.41) is 15.2. The molecule has 0 aliphatic carbocycles. The number of aromatic nitrogens is 3. The second-order valence-corrected chi connectivity index (χ2v) is 8.07. The van der Waals surface area contributed by atoms with Gasteiger partial charge in [-0.2, -0.15) is 4.52 Å². The van der Waals surface area contributed by atoms with E-state index in [-0.39, 0.29) is 17.7 Å². The SMILES string of the molecule is CCc1nc2sc([C@H](c3cccc(F)c3)N3CCC[C@@H](C)C3)c(O)n2n1. The first-order valence-electron chi connectivity index (χ1n) is 9.13. The van der Waals surface area contributed by atoms with Crippen molar-refractivity contribution < 1.29 is 9.50 Å². The maximum Gasteiger partial charge on any atom is 0.230 e. The third-order valence-corrected chi connectivity index (χ3v) is 6.10. The highest BCUT2D eigenvalue weighted by Crippen LogP contribution is 2.41. The first kappa shape index (κ1) is 17.4. The minimum absolute atomic E-state index is 0.115. The topological polar surface area (TPSA) is 53.7 Å². The molecule has 1 aliphatic heterocycles. The number of thiazole rings is 1. The minimum Gasteiger partial charge on any atom is -0.492 e. The van der Waals surface area contributed by atoms with Crippen molar-refractivity contribution in [1.29, 1.82) is 0 Å². The van der Waals surface area contributed by atoms with Gasteiger partial charge in [-0.1, -0.05) is 37.3 Å². The van der Waals surface area contributed by atoms with Gasteiger partial charge in [0, 0.05) is 13.0 Å². The second-order valence-electron chi connectivity index (χ2n) is 7.07. The van der Waals surface area contributed by atoms with Crippen LogP contribution in [0.1, 0.15) is 49.0 Å². The predicted octanol–water partition coefficient (Wildman–Crippen LogP) is 4.02. The molecule has 2 atom stereocenters. The van der Waals surface area contributed by atoms with Gasteiger partial charge in [0.1, 0.15) is 5.82 Å². The van der Waals surface area contributed by atoms with Crippen molar-refractivity contribution in [3.63, 3.8) is 0 Å². The maximum atomic E-state index is 13.9. The van der Waals surface area contributed by atoms with Crippen LogP contribution in [-0.4, -0.2) is 37.7 Å². The highest BCUT2D eigenvalue weighted by molar-refractivity contribution is 7.17. The van der Waals surface area contributed by atoms with E-state index >= 15 is 0 Å². The molecule has 26 heavy (non-hydrogen) atoms. The van der Waals surface area contributed by atoms with Crippen LogP contribution >= 0.6 is 11.3 Å². The number of hydrogen-bond donors (Lipinski definition) is 1. The first-order valence-corrected chi connectivity index (χ1v) is 9.95. The molecule has 0 radical (unpaired) electrons. The van der Waals surface area contributed by atoms with Crippen LogP contribution in [0.5, 0.6) is 5.88 Å². The monoisotopic (exact) mass is 374 g/mol. The summed E-state index contributed by atoms with van der Waals surface area (Å²) in [5.74, 6) is 1.15. The van der Waals surface area contributed by atoms with E-state index in [0.29, 0.717) is 16.7 Å². The summed E-state index contributed by atoms with van der Waals surface area (Å²) in [5.41, 5.74) is 0.856. The molecule has 3 aromatic rings. The van der Waals surface area contributed by atoms with E-state index in [1.807, 2.05) is 13.0 Å². The summed E-state index contributed by atoms with van der Waals surface area (Å²) in [7, 11) is 0. The minimum atomic E-state index is -0.259. The quantitative estimate of drug-likeness (QED) is 0.749. The smallest absolute Gasteiger partial charge is 0.230 e. The number of aryl methyl sites for hydroxylation is 1. The van der Waals surface area contributed by atoms with Gasteiger partial charge in [0.05, 0.1) is 10.9 Å². The Balaban J connectivity index is 1.82. The van der Waals surface area contributed by atoms with Crippen LogP contribution in [-0.2, 0) is 6.42 Å². The fraction of sp³-hybridized carbons (Fsp3) is 0.474. The van der Waals surface area contributed by atoms with Gasteiger partial charge in [-0.25, -0.2) is 9.37 Å². The molecule has 0 bridgehead atoms. The third-order valence-electron chi connectivity index (χ3n) is 5.03. The van der Waals surface area contributed by atoms with Crippen molar-refractivity contribution in [3.8, 4) is 5.88 Å². The van der Waals surface area contributed by atoms with E-state index in [2.05, 4.69) is 21.9 Å². The van der Waals surface area contributed by atoms with Crippen LogP contribution in [0.4, 0.5) is 4.39 Å². The maximum absolute atomic E-state index is 13.9. The molecule has 0 saturated carbocycles. The summed E-state index contributed by atoms with van der Waals surface area (Å²) in [6, 6.07) is 6.49. The van der Waals surface area contributed by atoms with Crippen molar-refractivity contribution >= 4 is 16.3 Å². The number of rotatable bonds is 4. The first-order chi connectivity index (χ1) is 12.6. The number of nitrogens with zero attached hydrogens (tertiary/aromatic N) is 4.